The second-order valence-corrected chi connectivity index (χ2v) is 7.91. The number of imidazole rings is 1. The van der Waals surface area contributed by atoms with Gasteiger partial charge in [0.25, 0.3) is 5.91 Å². The van der Waals surface area contributed by atoms with Gasteiger partial charge in [-0.1, -0.05) is 17.7 Å². The lowest BCUT2D eigenvalue weighted by molar-refractivity contribution is 0.0793. The minimum absolute atomic E-state index is 0.0667. The molecule has 0 bridgehead atoms. The van der Waals surface area contributed by atoms with Crippen LogP contribution < -0.4 is 10.6 Å². The first-order valence-electron chi connectivity index (χ1n) is 10.1. The molecule has 2 aromatic carbocycles. The third-order valence-corrected chi connectivity index (χ3v) is 5.59. The van der Waals surface area contributed by atoms with Gasteiger partial charge >= 0.3 is 6.03 Å². The fourth-order valence-corrected chi connectivity index (χ4v) is 3.94. The molecule has 1 aliphatic rings. The highest BCUT2D eigenvalue weighted by Gasteiger charge is 2.20. The minimum Gasteiger partial charge on any atom is -0.339 e. The predicted octanol–water partition coefficient (Wildman–Crippen LogP) is 4.06. The fourth-order valence-electron chi connectivity index (χ4n) is 3.66. The number of carbonyl (C=O) groups excluding carboxylic acids is 2. The molecule has 0 aliphatic carbocycles. The van der Waals surface area contributed by atoms with Gasteiger partial charge in [-0.05, 0) is 55.7 Å². The quantitative estimate of drug-likeness (QED) is 0.647. The number of halogens is 1. The minimum atomic E-state index is -0.316. The number of carbonyl (C=O) groups is 2. The molecule has 0 spiro atoms. The van der Waals surface area contributed by atoms with Crippen molar-refractivity contribution in [1.82, 2.24) is 19.8 Å². The third-order valence-electron chi connectivity index (χ3n) is 5.27. The number of likely N-dealkylation sites (tertiary alicyclic amines) is 1. The summed E-state index contributed by atoms with van der Waals surface area (Å²) < 4.78 is 1.96. The molecule has 4 rings (SSSR count). The van der Waals surface area contributed by atoms with E-state index in [0.717, 1.165) is 42.5 Å². The highest BCUT2D eigenvalue weighted by atomic mass is 35.5. The Balaban J connectivity index is 1.35. The van der Waals surface area contributed by atoms with Gasteiger partial charge in [-0.3, -0.25) is 4.79 Å². The molecule has 0 atom stereocenters. The van der Waals surface area contributed by atoms with E-state index in [9.17, 15) is 9.59 Å². The number of hydrogen-bond acceptors (Lipinski definition) is 3. The van der Waals surface area contributed by atoms with Crippen LogP contribution in [0.4, 0.5) is 10.5 Å². The number of rotatable bonds is 5. The average molecular weight is 426 g/mol. The van der Waals surface area contributed by atoms with Crippen molar-refractivity contribution >= 4 is 40.3 Å². The molecular weight excluding hydrogens is 402 g/mol. The Morgan fingerprint density at radius 1 is 1.13 bits per heavy atom. The molecule has 1 aliphatic heterocycles. The number of hydrogen-bond donors (Lipinski definition) is 2. The molecule has 3 amide bonds. The summed E-state index contributed by atoms with van der Waals surface area (Å²) in [6, 6.07) is 10.8. The van der Waals surface area contributed by atoms with Crippen molar-refractivity contribution in [3.05, 3.63) is 58.9 Å². The number of amides is 3. The van der Waals surface area contributed by atoms with E-state index in [1.165, 1.54) is 0 Å². The van der Waals surface area contributed by atoms with Crippen LogP contribution in [-0.4, -0.2) is 46.0 Å². The number of benzene rings is 2. The summed E-state index contributed by atoms with van der Waals surface area (Å²) in [4.78, 5) is 31.0. The summed E-state index contributed by atoms with van der Waals surface area (Å²) in [7, 11) is 0. The van der Waals surface area contributed by atoms with E-state index in [2.05, 4.69) is 15.6 Å². The number of nitrogens with one attached hydrogen (secondary N) is 2. The first-order valence-corrected chi connectivity index (χ1v) is 10.4. The number of nitrogens with zero attached hydrogens (tertiary/aromatic N) is 3. The van der Waals surface area contributed by atoms with Crippen molar-refractivity contribution in [2.75, 3.05) is 25.0 Å². The zero-order chi connectivity index (χ0) is 21.1. The SMILES string of the molecule is Cc1ccc(NC(=O)NCCn2cnc3cc(C(=O)N4CCCC4)ccc32)c(Cl)c1. The lowest BCUT2D eigenvalue weighted by Gasteiger charge is -2.15. The van der Waals surface area contributed by atoms with E-state index in [0.29, 0.717) is 29.4 Å². The summed E-state index contributed by atoms with van der Waals surface area (Å²) in [5.41, 5.74) is 3.97. The Morgan fingerprint density at radius 3 is 2.70 bits per heavy atom. The van der Waals surface area contributed by atoms with Crippen LogP contribution in [0.1, 0.15) is 28.8 Å². The zero-order valence-electron chi connectivity index (χ0n) is 16.8. The second-order valence-electron chi connectivity index (χ2n) is 7.50. The lowest BCUT2D eigenvalue weighted by Crippen LogP contribution is -2.31. The van der Waals surface area contributed by atoms with Gasteiger partial charge < -0.3 is 20.1 Å². The number of fused-ring (bicyclic) bond motifs is 1. The molecule has 1 aromatic heterocycles. The molecule has 30 heavy (non-hydrogen) atoms. The summed E-state index contributed by atoms with van der Waals surface area (Å²) >= 11 is 6.15. The van der Waals surface area contributed by atoms with Crippen LogP contribution in [0.5, 0.6) is 0 Å². The van der Waals surface area contributed by atoms with Gasteiger partial charge in [-0.25, -0.2) is 9.78 Å². The number of urea groups is 1. The second kappa shape index (κ2) is 8.75. The average Bonchev–Trinajstić information content (AvgIpc) is 3.40. The van der Waals surface area contributed by atoms with Crippen LogP contribution in [0, 0.1) is 6.92 Å². The van der Waals surface area contributed by atoms with Crippen LogP contribution in [0.2, 0.25) is 5.02 Å². The van der Waals surface area contributed by atoms with Crippen LogP contribution in [-0.2, 0) is 6.54 Å². The Kier molecular flexibility index (Phi) is 5.90. The smallest absolute Gasteiger partial charge is 0.319 e. The van der Waals surface area contributed by atoms with Crippen LogP contribution in [0.15, 0.2) is 42.7 Å². The van der Waals surface area contributed by atoms with Gasteiger partial charge in [0.2, 0.25) is 0 Å². The summed E-state index contributed by atoms with van der Waals surface area (Å²) in [6.07, 6.45) is 3.86. The van der Waals surface area contributed by atoms with E-state index in [4.69, 9.17) is 11.6 Å². The van der Waals surface area contributed by atoms with Crippen molar-refractivity contribution in [2.24, 2.45) is 0 Å². The summed E-state index contributed by atoms with van der Waals surface area (Å²) in [5.74, 6) is 0.0667. The molecule has 0 radical (unpaired) electrons. The zero-order valence-corrected chi connectivity index (χ0v) is 17.6. The van der Waals surface area contributed by atoms with Crippen molar-refractivity contribution in [3.8, 4) is 0 Å². The van der Waals surface area contributed by atoms with E-state index >= 15 is 0 Å². The lowest BCUT2D eigenvalue weighted by atomic mass is 10.1. The van der Waals surface area contributed by atoms with Crippen molar-refractivity contribution in [3.63, 3.8) is 0 Å². The van der Waals surface area contributed by atoms with Crippen LogP contribution >= 0.6 is 11.6 Å². The topological polar surface area (TPSA) is 79.3 Å². The maximum Gasteiger partial charge on any atom is 0.319 e. The first kappa shape index (κ1) is 20.2. The van der Waals surface area contributed by atoms with Crippen molar-refractivity contribution in [2.45, 2.75) is 26.3 Å². The van der Waals surface area contributed by atoms with Gasteiger partial charge in [0.1, 0.15) is 0 Å². The highest BCUT2D eigenvalue weighted by molar-refractivity contribution is 6.33. The molecule has 156 valence electrons. The number of anilines is 1. The normalized spacial score (nSPS) is 13.6. The van der Waals surface area contributed by atoms with Gasteiger partial charge in [-0.15, -0.1) is 0 Å². The van der Waals surface area contributed by atoms with Gasteiger partial charge in [-0.2, -0.15) is 0 Å². The monoisotopic (exact) mass is 425 g/mol. The predicted molar refractivity (Wildman–Crippen MR) is 118 cm³/mol. The molecule has 0 unspecified atom stereocenters. The van der Waals surface area contributed by atoms with E-state index in [1.54, 1.807) is 18.5 Å². The molecular formula is C22H24ClN5O2. The van der Waals surface area contributed by atoms with E-state index in [-0.39, 0.29) is 11.9 Å². The summed E-state index contributed by atoms with van der Waals surface area (Å²) in [5, 5.41) is 6.08. The Bertz CT molecular complexity index is 1090. The van der Waals surface area contributed by atoms with Crippen LogP contribution in [0.3, 0.4) is 0 Å². The maximum absolute atomic E-state index is 12.6. The molecule has 3 aromatic rings. The molecule has 1 fully saturated rings. The Labute approximate surface area is 180 Å². The largest absolute Gasteiger partial charge is 0.339 e. The van der Waals surface area contributed by atoms with E-state index in [1.807, 2.05) is 40.7 Å². The third kappa shape index (κ3) is 4.41. The molecule has 2 heterocycles. The molecule has 1 saturated heterocycles. The standard InChI is InChI=1S/C22H24ClN5O2/c1-15-4-6-18(17(23)12-15)26-22(30)24-8-11-28-14-25-19-13-16(5-7-20(19)28)21(29)27-9-2-3-10-27/h4-7,12-14H,2-3,8-11H2,1H3,(H2,24,26,30). The first-order chi connectivity index (χ1) is 14.5. The van der Waals surface area contributed by atoms with Crippen molar-refractivity contribution in [1.29, 1.82) is 0 Å². The molecule has 0 saturated carbocycles. The summed E-state index contributed by atoms with van der Waals surface area (Å²) in [6.45, 7) is 4.58. The van der Waals surface area contributed by atoms with Gasteiger partial charge in [0.05, 0.1) is 28.1 Å². The van der Waals surface area contributed by atoms with Crippen LogP contribution in [0.25, 0.3) is 11.0 Å². The molecule has 8 heteroatoms. The fraction of sp³-hybridized carbons (Fsp3) is 0.318. The Hall–Kier alpha value is -3.06. The van der Waals surface area contributed by atoms with E-state index < -0.39 is 0 Å². The number of aromatic nitrogens is 2. The van der Waals surface area contributed by atoms with Gasteiger partial charge in [0.15, 0.2) is 0 Å². The molecule has 7 nitrogen and oxygen atoms in total. The highest BCUT2D eigenvalue weighted by Crippen LogP contribution is 2.22. The Morgan fingerprint density at radius 2 is 1.93 bits per heavy atom. The number of aryl methyl sites for hydroxylation is 1. The molecule has 2 N–H and O–H groups in total. The van der Waals surface area contributed by atoms with Gasteiger partial charge in [0, 0.05) is 31.7 Å². The van der Waals surface area contributed by atoms with Crippen molar-refractivity contribution < 1.29 is 9.59 Å². The maximum atomic E-state index is 12.6.